The fourth-order valence-corrected chi connectivity index (χ4v) is 4.04. The van der Waals surface area contributed by atoms with E-state index in [1.54, 1.807) is 19.9 Å². The van der Waals surface area contributed by atoms with Crippen LogP contribution in [0.4, 0.5) is 11.4 Å². The van der Waals surface area contributed by atoms with Crippen molar-refractivity contribution in [2.75, 3.05) is 11.1 Å². The van der Waals surface area contributed by atoms with Crippen LogP contribution in [0.5, 0.6) is 0 Å². The molecule has 0 saturated carbocycles. The molecule has 1 amide bonds. The van der Waals surface area contributed by atoms with Crippen molar-refractivity contribution in [2.45, 2.75) is 39.4 Å². The van der Waals surface area contributed by atoms with Gasteiger partial charge in [-0.25, -0.2) is 0 Å². The number of nitro groups is 1. The predicted molar refractivity (Wildman–Crippen MR) is 118 cm³/mol. The Balaban J connectivity index is 1.76. The Morgan fingerprint density at radius 2 is 1.93 bits per heavy atom. The quantitative estimate of drug-likeness (QED) is 0.339. The van der Waals surface area contributed by atoms with Crippen molar-refractivity contribution in [1.29, 1.82) is 0 Å². The summed E-state index contributed by atoms with van der Waals surface area (Å²) < 4.78 is 1.95. The van der Waals surface area contributed by atoms with Crippen LogP contribution in [0.25, 0.3) is 11.4 Å². The molecular weight excluding hydrogens is 402 g/mol. The summed E-state index contributed by atoms with van der Waals surface area (Å²) in [4.78, 5) is 23.4. The molecule has 8 nitrogen and oxygen atoms in total. The van der Waals surface area contributed by atoms with Gasteiger partial charge in [0.2, 0.25) is 5.91 Å². The third-order valence-corrected chi connectivity index (χ3v) is 5.53. The van der Waals surface area contributed by atoms with E-state index in [1.165, 1.54) is 17.8 Å². The predicted octanol–water partition coefficient (Wildman–Crippen LogP) is 4.53. The highest BCUT2D eigenvalue weighted by atomic mass is 32.2. The lowest BCUT2D eigenvalue weighted by atomic mass is 10.1. The average Bonchev–Trinajstić information content (AvgIpc) is 3.11. The molecular formula is C21H23N5O3S. The zero-order valence-corrected chi connectivity index (χ0v) is 18.1. The molecule has 30 heavy (non-hydrogen) atoms. The molecule has 1 aromatic heterocycles. The van der Waals surface area contributed by atoms with Gasteiger partial charge >= 0.3 is 0 Å². The second-order valence-corrected chi connectivity index (χ2v) is 7.93. The highest BCUT2D eigenvalue weighted by Gasteiger charge is 2.20. The third-order valence-electron chi connectivity index (χ3n) is 4.56. The first-order chi connectivity index (χ1) is 14.3. The number of amides is 1. The minimum atomic E-state index is -0.482. The molecule has 9 heteroatoms. The number of aromatic nitrogens is 3. The number of anilines is 1. The van der Waals surface area contributed by atoms with Crippen LogP contribution >= 0.6 is 11.8 Å². The molecule has 0 bridgehead atoms. The van der Waals surface area contributed by atoms with Gasteiger partial charge in [0.25, 0.3) is 5.69 Å². The fourth-order valence-electron chi connectivity index (χ4n) is 3.24. The van der Waals surface area contributed by atoms with Crippen molar-refractivity contribution in [2.24, 2.45) is 0 Å². The van der Waals surface area contributed by atoms with Crippen molar-refractivity contribution >= 4 is 29.0 Å². The Bertz CT molecular complexity index is 1110. The molecule has 0 spiro atoms. The number of hydrogen-bond donors (Lipinski definition) is 1. The lowest BCUT2D eigenvalue weighted by molar-refractivity contribution is -0.384. The standard InChI is InChI=1S/C21H23N5O3S/c1-5-25-20(16-8-6-7-13(2)10-16)23-24-21(25)30-12-18(27)22-19-15(4)9-14(3)11-17(19)26(28)29/h6-11H,5,12H2,1-4H3,(H,22,27). The van der Waals surface area contributed by atoms with Gasteiger partial charge < -0.3 is 9.88 Å². The summed E-state index contributed by atoms with van der Waals surface area (Å²) in [6.45, 7) is 8.19. The van der Waals surface area contributed by atoms with Gasteiger partial charge in [0.05, 0.1) is 10.7 Å². The van der Waals surface area contributed by atoms with Crippen molar-refractivity contribution in [3.05, 3.63) is 63.2 Å². The number of hydrogen-bond acceptors (Lipinski definition) is 6. The Labute approximate surface area is 178 Å². The molecule has 2 aromatic carbocycles. The molecule has 0 unspecified atom stereocenters. The van der Waals surface area contributed by atoms with E-state index in [-0.39, 0.29) is 23.0 Å². The van der Waals surface area contributed by atoms with Crippen molar-refractivity contribution in [3.8, 4) is 11.4 Å². The summed E-state index contributed by atoms with van der Waals surface area (Å²) in [5.74, 6) is 0.475. The first-order valence-corrected chi connectivity index (χ1v) is 10.5. The summed E-state index contributed by atoms with van der Waals surface area (Å²) in [6, 6.07) is 11.3. The maximum atomic E-state index is 12.5. The van der Waals surface area contributed by atoms with Gasteiger partial charge in [-0.2, -0.15) is 0 Å². The van der Waals surface area contributed by atoms with Gasteiger partial charge in [0.1, 0.15) is 5.69 Å². The number of carbonyl (C=O) groups is 1. The summed E-state index contributed by atoms with van der Waals surface area (Å²) in [5, 5.41) is 23.2. The fraction of sp³-hybridized carbons (Fsp3) is 0.286. The number of carbonyl (C=O) groups excluding carboxylic acids is 1. The van der Waals surface area contributed by atoms with Crippen LogP contribution in [0.3, 0.4) is 0 Å². The van der Waals surface area contributed by atoms with Crippen LogP contribution in [0.1, 0.15) is 23.6 Å². The highest BCUT2D eigenvalue weighted by molar-refractivity contribution is 7.99. The molecule has 1 heterocycles. The highest BCUT2D eigenvalue weighted by Crippen LogP contribution is 2.30. The number of nitro benzene ring substituents is 1. The van der Waals surface area contributed by atoms with E-state index in [1.807, 2.05) is 42.7 Å². The van der Waals surface area contributed by atoms with E-state index in [4.69, 9.17) is 0 Å². The monoisotopic (exact) mass is 425 g/mol. The lowest BCUT2D eigenvalue weighted by Crippen LogP contribution is -2.16. The van der Waals surface area contributed by atoms with Gasteiger partial charge in [-0.15, -0.1) is 10.2 Å². The number of aryl methyl sites for hydroxylation is 3. The second kappa shape index (κ2) is 9.08. The van der Waals surface area contributed by atoms with Crippen LogP contribution in [0, 0.1) is 30.9 Å². The Kier molecular flexibility index (Phi) is 6.51. The summed E-state index contributed by atoms with van der Waals surface area (Å²) in [6.07, 6.45) is 0. The minimum absolute atomic E-state index is 0.0659. The number of thioether (sulfide) groups is 1. The van der Waals surface area contributed by atoms with Gasteiger partial charge in [0, 0.05) is 18.2 Å². The summed E-state index contributed by atoms with van der Waals surface area (Å²) in [7, 11) is 0. The van der Waals surface area contributed by atoms with Gasteiger partial charge in [-0.05, 0) is 44.9 Å². The molecule has 0 atom stereocenters. The van der Waals surface area contributed by atoms with Crippen LogP contribution in [0.15, 0.2) is 41.6 Å². The SMILES string of the molecule is CCn1c(SCC(=O)Nc2c(C)cc(C)cc2[N+](=O)[O-])nnc1-c1cccc(C)c1. The Morgan fingerprint density at radius 1 is 1.17 bits per heavy atom. The van der Waals surface area contributed by atoms with Crippen LogP contribution < -0.4 is 5.32 Å². The molecule has 3 rings (SSSR count). The Morgan fingerprint density at radius 3 is 2.60 bits per heavy atom. The van der Waals surface area contributed by atoms with E-state index in [0.717, 1.165) is 22.5 Å². The van der Waals surface area contributed by atoms with Crippen molar-refractivity contribution < 1.29 is 9.72 Å². The molecule has 0 aliphatic carbocycles. The van der Waals surface area contributed by atoms with Crippen LogP contribution in [0.2, 0.25) is 0 Å². The minimum Gasteiger partial charge on any atom is -0.319 e. The van der Waals surface area contributed by atoms with E-state index in [9.17, 15) is 14.9 Å². The molecule has 0 fully saturated rings. The van der Waals surface area contributed by atoms with E-state index in [0.29, 0.717) is 17.3 Å². The summed E-state index contributed by atoms with van der Waals surface area (Å²) >= 11 is 1.25. The smallest absolute Gasteiger partial charge is 0.293 e. The molecule has 1 N–H and O–H groups in total. The molecule has 0 aliphatic rings. The van der Waals surface area contributed by atoms with Crippen molar-refractivity contribution in [3.63, 3.8) is 0 Å². The number of rotatable bonds is 7. The van der Waals surface area contributed by atoms with E-state index in [2.05, 4.69) is 15.5 Å². The lowest BCUT2D eigenvalue weighted by Gasteiger charge is -2.10. The second-order valence-electron chi connectivity index (χ2n) is 6.99. The van der Waals surface area contributed by atoms with Crippen molar-refractivity contribution in [1.82, 2.24) is 14.8 Å². The molecule has 0 aliphatic heterocycles. The van der Waals surface area contributed by atoms with Crippen LogP contribution in [-0.4, -0.2) is 31.3 Å². The number of benzene rings is 2. The molecule has 156 valence electrons. The number of nitrogens with zero attached hydrogens (tertiary/aromatic N) is 4. The maximum Gasteiger partial charge on any atom is 0.293 e. The largest absolute Gasteiger partial charge is 0.319 e. The van der Waals surface area contributed by atoms with Gasteiger partial charge in [0.15, 0.2) is 11.0 Å². The van der Waals surface area contributed by atoms with Crippen LogP contribution in [-0.2, 0) is 11.3 Å². The zero-order valence-electron chi connectivity index (χ0n) is 17.3. The summed E-state index contributed by atoms with van der Waals surface area (Å²) in [5.41, 5.74) is 3.64. The molecule has 0 radical (unpaired) electrons. The van der Waals surface area contributed by atoms with E-state index >= 15 is 0 Å². The maximum absolute atomic E-state index is 12.5. The topological polar surface area (TPSA) is 103 Å². The first kappa shape index (κ1) is 21.5. The molecule has 0 saturated heterocycles. The van der Waals surface area contributed by atoms with Gasteiger partial charge in [-0.1, -0.05) is 41.6 Å². The average molecular weight is 426 g/mol. The Hall–Kier alpha value is -3.20. The first-order valence-electron chi connectivity index (χ1n) is 9.48. The number of nitrogens with one attached hydrogen (secondary N) is 1. The zero-order chi connectivity index (χ0) is 21.8. The molecule has 3 aromatic rings. The van der Waals surface area contributed by atoms with Gasteiger partial charge in [-0.3, -0.25) is 14.9 Å². The normalized spacial score (nSPS) is 10.8. The third kappa shape index (κ3) is 4.68. The van der Waals surface area contributed by atoms with E-state index < -0.39 is 4.92 Å².